The Morgan fingerprint density at radius 1 is 1.27 bits per heavy atom. The normalized spacial score (nSPS) is 10.5. The van der Waals surface area contributed by atoms with Crippen LogP contribution in [0.1, 0.15) is 6.42 Å². The Labute approximate surface area is 130 Å². The Kier molecular flexibility index (Phi) is 3.53. The summed E-state index contributed by atoms with van der Waals surface area (Å²) in [6.45, 7) is 0. The van der Waals surface area contributed by atoms with E-state index in [1.807, 2.05) is 0 Å². The first-order valence-electron chi connectivity index (χ1n) is 6.51. The Morgan fingerprint density at radius 3 is 2.86 bits per heavy atom. The number of pyridine rings is 1. The van der Waals surface area contributed by atoms with E-state index in [2.05, 4.69) is 10.3 Å². The van der Waals surface area contributed by atoms with Gasteiger partial charge in [0, 0.05) is 21.3 Å². The summed E-state index contributed by atoms with van der Waals surface area (Å²) in [5.74, 6) is -0.424. The first-order chi connectivity index (χ1) is 10.6. The molecule has 0 atom stereocenters. The third-order valence-corrected chi connectivity index (χ3v) is 3.54. The number of nitrogens with one attached hydrogen (secondary N) is 2. The molecule has 1 aromatic heterocycles. The smallest absolute Gasteiger partial charge is 0.238 e. The van der Waals surface area contributed by atoms with E-state index in [0.717, 1.165) is 0 Å². The number of nitrogens with zero attached hydrogens (tertiary/aromatic N) is 1. The number of aromatic amines is 1. The van der Waals surface area contributed by atoms with Gasteiger partial charge in [-0.05, 0) is 30.3 Å². The number of benzene rings is 2. The van der Waals surface area contributed by atoms with E-state index < -0.39 is 5.91 Å². The van der Waals surface area contributed by atoms with E-state index in [-0.39, 0.29) is 11.8 Å². The van der Waals surface area contributed by atoms with Gasteiger partial charge in [-0.1, -0.05) is 17.7 Å². The molecule has 0 saturated heterocycles. The molecule has 0 aliphatic carbocycles. The molecule has 2 N–H and O–H groups in total. The van der Waals surface area contributed by atoms with Crippen LogP contribution in [0.25, 0.3) is 21.8 Å². The van der Waals surface area contributed by atoms with Crippen molar-refractivity contribution in [2.45, 2.75) is 6.42 Å². The molecule has 5 nitrogen and oxygen atoms in total. The van der Waals surface area contributed by atoms with Crippen LogP contribution >= 0.6 is 11.6 Å². The fourth-order valence-corrected chi connectivity index (χ4v) is 2.51. The fraction of sp³-hybridized carbons (Fsp3) is 0.0625. The van der Waals surface area contributed by atoms with E-state index in [1.54, 1.807) is 42.5 Å². The average molecular weight is 312 g/mol. The number of para-hydroxylation sites is 1. The lowest BCUT2D eigenvalue weighted by Crippen LogP contribution is -2.12. The van der Waals surface area contributed by atoms with E-state index in [1.165, 1.54) is 0 Å². The van der Waals surface area contributed by atoms with Crippen LogP contribution < -0.4 is 10.7 Å². The molecule has 6 heteroatoms. The highest BCUT2D eigenvalue weighted by Crippen LogP contribution is 2.23. The molecule has 0 aliphatic rings. The van der Waals surface area contributed by atoms with Crippen LogP contribution in [0.5, 0.6) is 0 Å². The van der Waals surface area contributed by atoms with Crippen LogP contribution in [-0.4, -0.2) is 10.9 Å². The molecule has 1 amide bonds. The summed E-state index contributed by atoms with van der Waals surface area (Å²) < 4.78 is 0. The SMILES string of the molecule is N#CCC(=O)Nc1cccc2c(=O)c3cc(Cl)ccc3[nH]c12. The zero-order valence-corrected chi connectivity index (χ0v) is 12.1. The van der Waals surface area contributed by atoms with Crippen molar-refractivity contribution in [2.24, 2.45) is 0 Å². The number of halogens is 1. The number of aromatic nitrogens is 1. The lowest BCUT2D eigenvalue weighted by molar-refractivity contribution is -0.115. The molecule has 22 heavy (non-hydrogen) atoms. The van der Waals surface area contributed by atoms with Gasteiger partial charge < -0.3 is 10.3 Å². The van der Waals surface area contributed by atoms with Crippen molar-refractivity contribution >= 4 is 45.0 Å². The van der Waals surface area contributed by atoms with Crippen molar-refractivity contribution < 1.29 is 4.79 Å². The molecule has 3 rings (SSSR count). The van der Waals surface area contributed by atoms with Crippen LogP contribution in [0, 0.1) is 11.3 Å². The summed E-state index contributed by atoms with van der Waals surface area (Å²) in [6.07, 6.45) is -0.246. The first-order valence-corrected chi connectivity index (χ1v) is 6.89. The maximum atomic E-state index is 12.6. The Hall–Kier alpha value is -2.84. The minimum absolute atomic E-state index is 0.164. The number of hydrogen-bond donors (Lipinski definition) is 2. The first kappa shape index (κ1) is 14.1. The number of anilines is 1. The van der Waals surface area contributed by atoms with Gasteiger partial charge in [-0.15, -0.1) is 0 Å². The van der Waals surface area contributed by atoms with Crippen molar-refractivity contribution in [3.8, 4) is 6.07 Å². The topological polar surface area (TPSA) is 85.8 Å². The standard InChI is InChI=1S/C16H10ClN3O2/c17-9-4-5-12-11(8-9)16(22)10-2-1-3-13(15(10)20-12)19-14(21)6-7-18/h1-5,8H,6H2,(H,19,21)(H,20,22). The second-order valence-electron chi connectivity index (χ2n) is 4.76. The molecular formula is C16H10ClN3O2. The van der Waals surface area contributed by atoms with Crippen LogP contribution in [0.2, 0.25) is 5.02 Å². The van der Waals surface area contributed by atoms with Gasteiger partial charge >= 0.3 is 0 Å². The van der Waals surface area contributed by atoms with Gasteiger partial charge in [-0.3, -0.25) is 9.59 Å². The maximum Gasteiger partial charge on any atom is 0.238 e. The Bertz CT molecular complexity index is 1000. The fourth-order valence-electron chi connectivity index (χ4n) is 2.34. The molecule has 108 valence electrons. The van der Waals surface area contributed by atoms with E-state index in [0.29, 0.717) is 32.5 Å². The second kappa shape index (κ2) is 5.51. The van der Waals surface area contributed by atoms with Gasteiger partial charge in [0.2, 0.25) is 5.91 Å². The predicted molar refractivity (Wildman–Crippen MR) is 85.9 cm³/mol. The molecule has 3 aromatic rings. The molecule has 1 heterocycles. The Morgan fingerprint density at radius 2 is 2.09 bits per heavy atom. The minimum atomic E-state index is -0.424. The van der Waals surface area contributed by atoms with Gasteiger partial charge in [0.1, 0.15) is 6.42 Å². The molecule has 0 saturated carbocycles. The summed E-state index contributed by atoms with van der Waals surface area (Å²) in [7, 11) is 0. The number of carbonyl (C=O) groups excluding carboxylic acids is 1. The van der Waals surface area contributed by atoms with Gasteiger partial charge in [0.05, 0.1) is 17.3 Å². The molecule has 0 fully saturated rings. The quantitative estimate of drug-likeness (QED) is 0.713. The molecule has 0 aliphatic heterocycles. The predicted octanol–water partition coefficient (Wildman–Crippen LogP) is 3.19. The number of carbonyl (C=O) groups is 1. The average Bonchev–Trinajstić information content (AvgIpc) is 2.49. The Balaban J connectivity index is 2.27. The highest BCUT2D eigenvalue weighted by atomic mass is 35.5. The molecule has 2 aromatic carbocycles. The number of rotatable bonds is 2. The van der Waals surface area contributed by atoms with Gasteiger partial charge in [0.25, 0.3) is 0 Å². The molecule has 0 bridgehead atoms. The van der Waals surface area contributed by atoms with Crippen molar-refractivity contribution in [3.63, 3.8) is 0 Å². The minimum Gasteiger partial charge on any atom is -0.353 e. The lowest BCUT2D eigenvalue weighted by Gasteiger charge is -2.09. The van der Waals surface area contributed by atoms with Crippen LogP contribution in [-0.2, 0) is 4.79 Å². The van der Waals surface area contributed by atoms with Crippen molar-refractivity contribution in [3.05, 3.63) is 51.6 Å². The summed E-state index contributed by atoms with van der Waals surface area (Å²) in [5, 5.41) is 12.6. The van der Waals surface area contributed by atoms with Crippen LogP contribution in [0.15, 0.2) is 41.2 Å². The molecule has 0 radical (unpaired) electrons. The van der Waals surface area contributed by atoms with Gasteiger partial charge in [0.15, 0.2) is 5.43 Å². The number of H-pyrrole nitrogens is 1. The van der Waals surface area contributed by atoms with Crippen LogP contribution in [0.3, 0.4) is 0 Å². The third-order valence-electron chi connectivity index (χ3n) is 3.31. The largest absolute Gasteiger partial charge is 0.353 e. The second-order valence-corrected chi connectivity index (χ2v) is 5.19. The van der Waals surface area contributed by atoms with E-state index >= 15 is 0 Å². The van der Waals surface area contributed by atoms with Crippen molar-refractivity contribution in [2.75, 3.05) is 5.32 Å². The number of hydrogen-bond acceptors (Lipinski definition) is 3. The number of amides is 1. The van der Waals surface area contributed by atoms with Crippen molar-refractivity contribution in [1.82, 2.24) is 4.98 Å². The van der Waals surface area contributed by atoms with Gasteiger partial charge in [-0.25, -0.2) is 0 Å². The summed E-state index contributed by atoms with van der Waals surface area (Å²) >= 11 is 5.94. The van der Waals surface area contributed by atoms with E-state index in [9.17, 15) is 9.59 Å². The third kappa shape index (κ3) is 2.41. The molecule has 0 unspecified atom stereocenters. The van der Waals surface area contributed by atoms with Gasteiger partial charge in [-0.2, -0.15) is 5.26 Å². The highest BCUT2D eigenvalue weighted by Gasteiger charge is 2.10. The molecule has 0 spiro atoms. The monoisotopic (exact) mass is 311 g/mol. The number of nitriles is 1. The zero-order chi connectivity index (χ0) is 15.7. The van der Waals surface area contributed by atoms with E-state index in [4.69, 9.17) is 16.9 Å². The highest BCUT2D eigenvalue weighted by molar-refractivity contribution is 6.31. The number of fused-ring (bicyclic) bond motifs is 2. The van der Waals surface area contributed by atoms with Crippen LogP contribution in [0.4, 0.5) is 5.69 Å². The summed E-state index contributed by atoms with van der Waals surface area (Å²) in [6, 6.07) is 11.8. The molecular weight excluding hydrogens is 302 g/mol. The maximum absolute atomic E-state index is 12.6. The summed E-state index contributed by atoms with van der Waals surface area (Å²) in [4.78, 5) is 27.3. The summed E-state index contributed by atoms with van der Waals surface area (Å²) in [5.41, 5.74) is 1.45. The zero-order valence-electron chi connectivity index (χ0n) is 11.3. The lowest BCUT2D eigenvalue weighted by atomic mass is 10.1. The van der Waals surface area contributed by atoms with Crippen molar-refractivity contribution in [1.29, 1.82) is 5.26 Å².